The lowest BCUT2D eigenvalue weighted by atomic mass is 10.2. The van der Waals surface area contributed by atoms with Crippen molar-refractivity contribution in [1.29, 1.82) is 0 Å². The summed E-state index contributed by atoms with van der Waals surface area (Å²) in [6.07, 6.45) is 3.26. The third kappa shape index (κ3) is 2.93. The summed E-state index contributed by atoms with van der Waals surface area (Å²) in [6, 6.07) is 7.93. The van der Waals surface area contributed by atoms with Crippen LogP contribution < -0.4 is 0 Å². The van der Waals surface area contributed by atoms with E-state index >= 15 is 0 Å². The third-order valence-electron chi connectivity index (χ3n) is 2.80. The number of aryl methyl sites for hydroxylation is 1. The molecule has 0 bridgehead atoms. The minimum Gasteiger partial charge on any atom is -0.369 e. The van der Waals surface area contributed by atoms with Crippen molar-refractivity contribution >= 4 is 17.9 Å². The van der Waals surface area contributed by atoms with E-state index in [1.165, 1.54) is 12.5 Å². The number of hydrogen-bond donors (Lipinski definition) is 0. The Kier molecular flexibility index (Phi) is 3.98. The lowest BCUT2D eigenvalue weighted by Crippen LogP contribution is -2.08. The van der Waals surface area contributed by atoms with Gasteiger partial charge in [0, 0.05) is 26.7 Å². The Morgan fingerprint density at radius 3 is 2.50 bits per heavy atom. The number of ketones is 1. The van der Waals surface area contributed by atoms with Crippen LogP contribution in [0.3, 0.4) is 0 Å². The molecule has 0 saturated carbocycles. The van der Waals surface area contributed by atoms with E-state index in [2.05, 4.69) is 9.98 Å². The minimum absolute atomic E-state index is 0.0611. The highest BCUT2D eigenvalue weighted by Crippen LogP contribution is 2.21. The Morgan fingerprint density at radius 1 is 1.30 bits per heavy atom. The second-order valence-electron chi connectivity index (χ2n) is 4.89. The van der Waals surface area contributed by atoms with Gasteiger partial charge in [-0.3, -0.25) is 9.36 Å². The van der Waals surface area contributed by atoms with Crippen molar-refractivity contribution in [3.05, 3.63) is 41.9 Å². The summed E-state index contributed by atoms with van der Waals surface area (Å²) in [5.41, 5.74) is 2.57. The van der Waals surface area contributed by atoms with Gasteiger partial charge in [-0.05, 0) is 19.1 Å². The molecule has 0 fully saturated rings. The molecule has 0 aliphatic carbocycles. The maximum absolute atomic E-state index is 11.9. The van der Waals surface area contributed by atoms with Crippen LogP contribution in [0.4, 0.5) is 5.82 Å². The molecular weight excluding hydrogens is 252 g/mol. The van der Waals surface area contributed by atoms with E-state index in [9.17, 15) is 4.79 Å². The van der Waals surface area contributed by atoms with Gasteiger partial charge in [0.1, 0.15) is 12.0 Å². The Balaban J connectivity index is 2.49. The average molecular weight is 270 g/mol. The summed E-state index contributed by atoms with van der Waals surface area (Å²) in [4.78, 5) is 22.1. The second kappa shape index (κ2) is 5.69. The highest BCUT2D eigenvalue weighted by Gasteiger charge is 2.15. The molecule has 104 valence electrons. The number of hydrogen-bond acceptors (Lipinski definition) is 3. The van der Waals surface area contributed by atoms with E-state index in [1.807, 2.05) is 45.3 Å². The Hall–Kier alpha value is -2.43. The highest BCUT2D eigenvalue weighted by molar-refractivity contribution is 5.97. The van der Waals surface area contributed by atoms with Crippen molar-refractivity contribution in [2.75, 3.05) is 14.1 Å². The number of imidazole rings is 1. The molecule has 0 N–H and O–H groups in total. The van der Waals surface area contributed by atoms with Crippen molar-refractivity contribution in [1.82, 2.24) is 14.5 Å². The van der Waals surface area contributed by atoms with E-state index in [0.29, 0.717) is 11.5 Å². The quantitative estimate of drug-likeness (QED) is 0.487. The minimum atomic E-state index is -0.0611. The maximum atomic E-state index is 11.9. The largest absolute Gasteiger partial charge is 0.369 e. The number of carbonyl (C=O) groups is 1. The molecule has 2 rings (SSSR count). The van der Waals surface area contributed by atoms with Crippen LogP contribution in [0.5, 0.6) is 0 Å². The maximum Gasteiger partial charge on any atom is 0.183 e. The Bertz CT molecular complexity index is 638. The molecule has 0 aliphatic rings. The van der Waals surface area contributed by atoms with E-state index < -0.39 is 0 Å². The number of nitrogens with zero attached hydrogens (tertiary/aromatic N) is 4. The molecule has 0 aliphatic heterocycles. The number of carbonyl (C=O) groups excluding carboxylic acids is 1. The van der Waals surface area contributed by atoms with Crippen LogP contribution >= 0.6 is 0 Å². The Morgan fingerprint density at radius 2 is 1.95 bits per heavy atom. The van der Waals surface area contributed by atoms with Gasteiger partial charge < -0.3 is 4.90 Å². The van der Waals surface area contributed by atoms with E-state index in [4.69, 9.17) is 0 Å². The van der Waals surface area contributed by atoms with Gasteiger partial charge in [0.25, 0.3) is 0 Å². The molecule has 20 heavy (non-hydrogen) atoms. The fourth-order valence-electron chi connectivity index (χ4n) is 1.83. The second-order valence-corrected chi connectivity index (χ2v) is 4.89. The van der Waals surface area contributed by atoms with E-state index in [-0.39, 0.29) is 5.78 Å². The summed E-state index contributed by atoms with van der Waals surface area (Å²) in [6.45, 7) is 3.55. The van der Waals surface area contributed by atoms with Gasteiger partial charge in [0.15, 0.2) is 11.6 Å². The topological polar surface area (TPSA) is 50.5 Å². The average Bonchev–Trinajstić information content (AvgIpc) is 2.81. The monoisotopic (exact) mass is 270 g/mol. The molecule has 0 amide bonds. The summed E-state index contributed by atoms with van der Waals surface area (Å²) in [7, 11) is 3.74. The van der Waals surface area contributed by atoms with E-state index in [0.717, 1.165) is 5.69 Å². The van der Waals surface area contributed by atoms with Gasteiger partial charge in [0.05, 0.1) is 6.34 Å². The zero-order valence-corrected chi connectivity index (χ0v) is 12.2. The lowest BCUT2D eigenvalue weighted by Gasteiger charge is -2.07. The standard InChI is InChI=1S/C15H18N4O/c1-11-5-7-13(8-6-11)19-10-17-15(14(19)12(2)20)16-9-18(3)4/h5-10H,1-4H3. The van der Waals surface area contributed by atoms with Crippen molar-refractivity contribution in [2.24, 2.45) is 4.99 Å². The van der Waals surface area contributed by atoms with Crippen molar-refractivity contribution in [3.63, 3.8) is 0 Å². The smallest absolute Gasteiger partial charge is 0.183 e. The van der Waals surface area contributed by atoms with Gasteiger partial charge >= 0.3 is 0 Å². The van der Waals surface area contributed by atoms with Crippen molar-refractivity contribution in [2.45, 2.75) is 13.8 Å². The first-order valence-electron chi connectivity index (χ1n) is 6.35. The van der Waals surface area contributed by atoms with Crippen LogP contribution in [0, 0.1) is 6.92 Å². The SMILES string of the molecule is CC(=O)c1c(N=CN(C)C)ncn1-c1ccc(C)cc1. The van der Waals surface area contributed by atoms with Crippen LogP contribution in [-0.4, -0.2) is 40.7 Å². The molecule has 0 saturated heterocycles. The fraction of sp³-hybridized carbons (Fsp3) is 0.267. The van der Waals surface area contributed by atoms with Crippen molar-refractivity contribution < 1.29 is 4.79 Å². The molecule has 1 aromatic carbocycles. The number of aromatic nitrogens is 2. The number of benzene rings is 1. The fourth-order valence-corrected chi connectivity index (χ4v) is 1.83. The molecule has 1 aromatic heterocycles. The zero-order chi connectivity index (χ0) is 14.7. The predicted molar refractivity (Wildman–Crippen MR) is 80.1 cm³/mol. The third-order valence-corrected chi connectivity index (χ3v) is 2.80. The van der Waals surface area contributed by atoms with Crippen LogP contribution in [0.25, 0.3) is 5.69 Å². The lowest BCUT2D eigenvalue weighted by molar-refractivity contribution is 0.101. The van der Waals surface area contributed by atoms with E-state index in [1.54, 1.807) is 22.1 Å². The first-order chi connectivity index (χ1) is 9.49. The van der Waals surface area contributed by atoms with Crippen LogP contribution in [0.15, 0.2) is 35.6 Å². The first kappa shape index (κ1) is 14.0. The van der Waals surface area contributed by atoms with Crippen LogP contribution in [0.1, 0.15) is 23.0 Å². The number of rotatable bonds is 4. The molecule has 0 spiro atoms. The molecule has 2 aromatic rings. The van der Waals surface area contributed by atoms with Gasteiger partial charge in [-0.1, -0.05) is 17.7 Å². The summed E-state index contributed by atoms with van der Waals surface area (Å²) < 4.78 is 1.77. The predicted octanol–water partition coefficient (Wildman–Crippen LogP) is 2.60. The number of aliphatic imine (C=N–C) groups is 1. The first-order valence-corrected chi connectivity index (χ1v) is 6.35. The number of Topliss-reactive ketones (excluding diaryl/α,β-unsaturated/α-hetero) is 1. The normalized spacial score (nSPS) is 11.0. The van der Waals surface area contributed by atoms with Crippen LogP contribution in [0.2, 0.25) is 0 Å². The summed E-state index contributed by atoms with van der Waals surface area (Å²) >= 11 is 0. The van der Waals surface area contributed by atoms with Crippen LogP contribution in [-0.2, 0) is 0 Å². The molecular formula is C15H18N4O. The summed E-state index contributed by atoms with van der Waals surface area (Å²) in [5, 5.41) is 0. The molecule has 0 unspecified atom stereocenters. The van der Waals surface area contributed by atoms with Gasteiger partial charge in [-0.25, -0.2) is 9.98 Å². The molecule has 0 radical (unpaired) electrons. The zero-order valence-electron chi connectivity index (χ0n) is 12.2. The summed E-state index contributed by atoms with van der Waals surface area (Å²) in [5.74, 6) is 0.376. The molecule has 0 atom stereocenters. The van der Waals surface area contributed by atoms with Crippen molar-refractivity contribution in [3.8, 4) is 5.69 Å². The van der Waals surface area contributed by atoms with Gasteiger partial charge in [-0.15, -0.1) is 0 Å². The molecule has 1 heterocycles. The van der Waals surface area contributed by atoms with Gasteiger partial charge in [-0.2, -0.15) is 0 Å². The van der Waals surface area contributed by atoms with Gasteiger partial charge in [0.2, 0.25) is 0 Å². The Labute approximate surface area is 118 Å². The highest BCUT2D eigenvalue weighted by atomic mass is 16.1. The molecule has 5 heteroatoms. The molecule has 5 nitrogen and oxygen atoms in total.